The SMILES string of the molecule is CCCC(CC)NC(=O)Nc1nnc(N2CCN(Cc3cnn(CC)c3)CC2)s1. The Kier molecular flexibility index (Phi) is 7.82. The zero-order valence-electron chi connectivity index (χ0n) is 17.6. The van der Waals surface area contributed by atoms with Gasteiger partial charge in [-0.05, 0) is 19.8 Å². The van der Waals surface area contributed by atoms with Gasteiger partial charge in [0.1, 0.15) is 0 Å². The summed E-state index contributed by atoms with van der Waals surface area (Å²) in [5, 5.41) is 20.0. The molecule has 1 aliphatic rings. The van der Waals surface area contributed by atoms with Crippen molar-refractivity contribution < 1.29 is 4.79 Å². The van der Waals surface area contributed by atoms with Crippen LogP contribution < -0.4 is 15.5 Å². The number of anilines is 2. The smallest absolute Gasteiger partial charge is 0.321 e. The van der Waals surface area contributed by atoms with Gasteiger partial charge in [-0.3, -0.25) is 14.9 Å². The van der Waals surface area contributed by atoms with Gasteiger partial charge in [-0.15, -0.1) is 10.2 Å². The molecule has 0 aromatic carbocycles. The van der Waals surface area contributed by atoms with Crippen LogP contribution >= 0.6 is 11.3 Å². The van der Waals surface area contributed by atoms with Gasteiger partial charge in [0.15, 0.2) is 0 Å². The van der Waals surface area contributed by atoms with E-state index in [4.69, 9.17) is 0 Å². The highest BCUT2D eigenvalue weighted by atomic mass is 32.1. The molecular weight excluding hydrogens is 388 g/mol. The first-order valence-corrected chi connectivity index (χ1v) is 11.3. The van der Waals surface area contributed by atoms with Crippen molar-refractivity contribution >= 4 is 27.6 Å². The number of rotatable bonds is 9. The maximum absolute atomic E-state index is 12.2. The number of carbonyl (C=O) groups is 1. The third kappa shape index (κ3) is 6.14. The fraction of sp³-hybridized carbons (Fsp3) is 0.684. The van der Waals surface area contributed by atoms with Crippen molar-refractivity contribution in [2.75, 3.05) is 36.4 Å². The molecule has 0 spiro atoms. The maximum atomic E-state index is 12.2. The molecule has 1 atom stereocenters. The molecular formula is C19H32N8OS. The number of piperazine rings is 1. The summed E-state index contributed by atoms with van der Waals surface area (Å²) in [6.07, 6.45) is 7.02. The lowest BCUT2D eigenvalue weighted by Gasteiger charge is -2.33. The average Bonchev–Trinajstić information content (AvgIpc) is 3.37. The van der Waals surface area contributed by atoms with Gasteiger partial charge in [0.2, 0.25) is 10.3 Å². The first-order chi connectivity index (χ1) is 14.1. The predicted molar refractivity (Wildman–Crippen MR) is 116 cm³/mol. The highest BCUT2D eigenvalue weighted by Crippen LogP contribution is 2.25. The van der Waals surface area contributed by atoms with Crippen LogP contribution in [0, 0.1) is 0 Å². The molecule has 1 aliphatic heterocycles. The zero-order chi connectivity index (χ0) is 20.6. The normalized spacial score (nSPS) is 16.0. The van der Waals surface area contributed by atoms with Gasteiger partial charge in [-0.2, -0.15) is 5.10 Å². The van der Waals surface area contributed by atoms with Gasteiger partial charge in [0, 0.05) is 57.1 Å². The van der Waals surface area contributed by atoms with E-state index in [1.165, 1.54) is 16.9 Å². The minimum atomic E-state index is -0.203. The predicted octanol–water partition coefficient (Wildman–Crippen LogP) is 2.78. The number of hydrogen-bond donors (Lipinski definition) is 2. The van der Waals surface area contributed by atoms with Gasteiger partial charge >= 0.3 is 6.03 Å². The van der Waals surface area contributed by atoms with E-state index in [1.807, 2.05) is 10.9 Å². The van der Waals surface area contributed by atoms with E-state index in [2.05, 4.69) is 62.7 Å². The number of aromatic nitrogens is 4. The molecule has 9 nitrogen and oxygen atoms in total. The summed E-state index contributed by atoms with van der Waals surface area (Å²) in [7, 11) is 0. The second kappa shape index (κ2) is 10.5. The number of nitrogens with one attached hydrogen (secondary N) is 2. The summed E-state index contributed by atoms with van der Waals surface area (Å²) in [5.74, 6) is 0. The summed E-state index contributed by atoms with van der Waals surface area (Å²) < 4.78 is 1.96. The number of aryl methyl sites for hydroxylation is 1. The molecule has 2 aromatic heterocycles. The number of urea groups is 1. The lowest BCUT2D eigenvalue weighted by molar-refractivity contribution is 0.247. The van der Waals surface area contributed by atoms with Gasteiger partial charge in [0.25, 0.3) is 0 Å². The van der Waals surface area contributed by atoms with Crippen LogP contribution in [-0.2, 0) is 13.1 Å². The monoisotopic (exact) mass is 420 g/mol. The van der Waals surface area contributed by atoms with Crippen molar-refractivity contribution in [3.8, 4) is 0 Å². The van der Waals surface area contributed by atoms with Crippen LogP contribution in [0.2, 0.25) is 0 Å². The van der Waals surface area contributed by atoms with Crippen LogP contribution in [0.4, 0.5) is 15.1 Å². The molecule has 29 heavy (non-hydrogen) atoms. The molecule has 1 fully saturated rings. The second-order valence-electron chi connectivity index (χ2n) is 7.35. The first kappa shape index (κ1) is 21.5. The fourth-order valence-corrected chi connectivity index (χ4v) is 4.25. The first-order valence-electron chi connectivity index (χ1n) is 10.5. The third-order valence-electron chi connectivity index (χ3n) is 5.16. The van der Waals surface area contributed by atoms with E-state index in [0.717, 1.165) is 63.7 Å². The van der Waals surface area contributed by atoms with Crippen LogP contribution in [0.3, 0.4) is 0 Å². The summed E-state index contributed by atoms with van der Waals surface area (Å²) in [6, 6.07) is -0.00431. The van der Waals surface area contributed by atoms with E-state index >= 15 is 0 Å². The summed E-state index contributed by atoms with van der Waals surface area (Å²) in [4.78, 5) is 16.8. The topological polar surface area (TPSA) is 91.2 Å². The molecule has 1 unspecified atom stereocenters. The molecule has 2 N–H and O–H groups in total. The Morgan fingerprint density at radius 3 is 2.66 bits per heavy atom. The van der Waals surface area contributed by atoms with E-state index in [9.17, 15) is 4.79 Å². The second-order valence-corrected chi connectivity index (χ2v) is 8.31. The molecule has 2 amide bonds. The van der Waals surface area contributed by atoms with Crippen LogP contribution in [0.15, 0.2) is 12.4 Å². The Morgan fingerprint density at radius 1 is 1.21 bits per heavy atom. The van der Waals surface area contributed by atoms with Crippen molar-refractivity contribution in [2.24, 2.45) is 0 Å². The van der Waals surface area contributed by atoms with Crippen molar-refractivity contribution in [1.29, 1.82) is 0 Å². The molecule has 3 heterocycles. The molecule has 0 radical (unpaired) electrons. The van der Waals surface area contributed by atoms with E-state index < -0.39 is 0 Å². The standard InChI is InChI=1S/C19H32N8OS/c1-4-7-16(5-2)21-17(28)22-18-23-24-19(29-18)26-10-8-25(9-11-26)13-15-12-20-27(6-3)14-15/h12,14,16H,4-11,13H2,1-3H3,(H2,21,22,23,28). The van der Waals surface area contributed by atoms with Crippen LogP contribution in [-0.4, -0.2) is 63.1 Å². The molecule has 1 saturated heterocycles. The summed E-state index contributed by atoms with van der Waals surface area (Å²) in [6.45, 7) is 11.9. The van der Waals surface area contributed by atoms with Gasteiger partial charge in [0.05, 0.1) is 6.20 Å². The van der Waals surface area contributed by atoms with Crippen LogP contribution in [0.1, 0.15) is 45.6 Å². The number of hydrogen-bond acceptors (Lipinski definition) is 7. The van der Waals surface area contributed by atoms with E-state index in [-0.39, 0.29) is 12.1 Å². The lowest BCUT2D eigenvalue weighted by atomic mass is 10.1. The minimum Gasteiger partial charge on any atom is -0.344 e. The molecule has 0 bridgehead atoms. The Balaban J connectivity index is 1.45. The van der Waals surface area contributed by atoms with Gasteiger partial charge in [-0.25, -0.2) is 4.79 Å². The van der Waals surface area contributed by atoms with Gasteiger partial charge < -0.3 is 10.2 Å². The number of nitrogens with zero attached hydrogens (tertiary/aromatic N) is 6. The molecule has 3 rings (SSSR count). The highest BCUT2D eigenvalue weighted by Gasteiger charge is 2.21. The summed E-state index contributed by atoms with van der Waals surface area (Å²) in [5.41, 5.74) is 1.25. The quantitative estimate of drug-likeness (QED) is 0.648. The zero-order valence-corrected chi connectivity index (χ0v) is 18.4. The van der Waals surface area contributed by atoms with E-state index in [1.54, 1.807) is 0 Å². The number of amides is 2. The summed E-state index contributed by atoms with van der Waals surface area (Å²) >= 11 is 1.43. The van der Waals surface area contributed by atoms with Crippen LogP contribution in [0.5, 0.6) is 0 Å². The largest absolute Gasteiger partial charge is 0.344 e. The average molecular weight is 421 g/mol. The molecule has 0 aliphatic carbocycles. The fourth-order valence-electron chi connectivity index (χ4n) is 3.46. The van der Waals surface area contributed by atoms with Crippen molar-refractivity contribution in [2.45, 2.75) is 59.2 Å². The maximum Gasteiger partial charge on any atom is 0.321 e. The van der Waals surface area contributed by atoms with Crippen LogP contribution in [0.25, 0.3) is 0 Å². The molecule has 2 aromatic rings. The Bertz CT molecular complexity index is 768. The Hall–Kier alpha value is -2.20. The highest BCUT2D eigenvalue weighted by molar-refractivity contribution is 7.19. The Labute approximate surface area is 176 Å². The Morgan fingerprint density at radius 2 is 2.00 bits per heavy atom. The molecule has 10 heteroatoms. The molecule has 0 saturated carbocycles. The van der Waals surface area contributed by atoms with Crippen molar-refractivity contribution in [3.05, 3.63) is 18.0 Å². The van der Waals surface area contributed by atoms with Gasteiger partial charge in [-0.1, -0.05) is 31.6 Å². The van der Waals surface area contributed by atoms with Crippen molar-refractivity contribution in [1.82, 2.24) is 30.2 Å². The van der Waals surface area contributed by atoms with E-state index in [0.29, 0.717) is 5.13 Å². The molecule has 160 valence electrons. The van der Waals surface area contributed by atoms with Crippen molar-refractivity contribution in [3.63, 3.8) is 0 Å². The number of carbonyl (C=O) groups excluding carboxylic acids is 1. The third-order valence-corrected chi connectivity index (χ3v) is 6.06. The lowest BCUT2D eigenvalue weighted by Crippen LogP contribution is -2.45. The minimum absolute atomic E-state index is 0.199.